The summed E-state index contributed by atoms with van der Waals surface area (Å²) in [7, 11) is 2.15. The second kappa shape index (κ2) is 7.53. The van der Waals surface area contributed by atoms with E-state index in [1.165, 1.54) is 9.75 Å². The summed E-state index contributed by atoms with van der Waals surface area (Å²) in [6.45, 7) is 8.04. The zero-order chi connectivity index (χ0) is 14.4. The number of nitrogens with zero attached hydrogens (tertiary/aromatic N) is 2. The van der Waals surface area contributed by atoms with Gasteiger partial charge in [-0.1, -0.05) is 13.0 Å². The van der Waals surface area contributed by atoms with Crippen LogP contribution in [0.25, 0.3) is 0 Å². The van der Waals surface area contributed by atoms with Crippen LogP contribution >= 0.6 is 11.3 Å². The smallest absolute Gasteiger partial charge is 0.0547 e. The first kappa shape index (κ1) is 15.2. The molecule has 0 unspecified atom stereocenters. The first-order chi connectivity index (χ1) is 9.67. The second-order valence-electron chi connectivity index (χ2n) is 5.09. The summed E-state index contributed by atoms with van der Waals surface area (Å²) in [6.07, 6.45) is 0. The topological polar surface area (TPSA) is 28.2 Å². The fraction of sp³-hybridized carbons (Fsp3) is 0.438. The van der Waals surface area contributed by atoms with E-state index in [2.05, 4.69) is 53.4 Å². The molecule has 0 saturated heterocycles. The van der Waals surface area contributed by atoms with Crippen LogP contribution < -0.4 is 5.32 Å². The van der Waals surface area contributed by atoms with Crippen LogP contribution in [0.3, 0.4) is 0 Å². The van der Waals surface area contributed by atoms with Crippen molar-refractivity contribution in [2.75, 3.05) is 13.6 Å². The molecule has 2 rings (SSSR count). The Morgan fingerprint density at radius 1 is 1.15 bits per heavy atom. The van der Waals surface area contributed by atoms with Crippen molar-refractivity contribution in [3.8, 4) is 0 Å². The van der Waals surface area contributed by atoms with Crippen LogP contribution in [-0.2, 0) is 19.6 Å². The molecule has 0 aliphatic rings. The maximum Gasteiger partial charge on any atom is 0.0547 e. The largest absolute Gasteiger partial charge is 0.312 e. The van der Waals surface area contributed by atoms with Gasteiger partial charge in [0.05, 0.1) is 5.69 Å². The van der Waals surface area contributed by atoms with Crippen LogP contribution in [0.1, 0.15) is 28.1 Å². The molecular formula is C16H23N3S. The van der Waals surface area contributed by atoms with E-state index in [0.717, 1.165) is 37.6 Å². The van der Waals surface area contributed by atoms with E-state index >= 15 is 0 Å². The number of nitrogens with one attached hydrogen (secondary N) is 1. The Labute approximate surface area is 125 Å². The van der Waals surface area contributed by atoms with E-state index < -0.39 is 0 Å². The van der Waals surface area contributed by atoms with Crippen LogP contribution in [-0.4, -0.2) is 23.5 Å². The molecule has 108 valence electrons. The van der Waals surface area contributed by atoms with Gasteiger partial charge >= 0.3 is 0 Å². The highest BCUT2D eigenvalue weighted by molar-refractivity contribution is 7.11. The van der Waals surface area contributed by atoms with E-state index in [1.807, 2.05) is 24.3 Å². The number of aryl methyl sites for hydroxylation is 1. The molecule has 0 amide bonds. The Morgan fingerprint density at radius 3 is 2.70 bits per heavy atom. The zero-order valence-electron chi connectivity index (χ0n) is 12.5. The second-order valence-corrected chi connectivity index (χ2v) is 6.34. The summed E-state index contributed by atoms with van der Waals surface area (Å²) in [4.78, 5) is 9.68. The Balaban J connectivity index is 1.87. The van der Waals surface area contributed by atoms with Gasteiger partial charge in [0.15, 0.2) is 0 Å². The first-order valence-electron chi connectivity index (χ1n) is 7.06. The molecule has 2 aromatic rings. The van der Waals surface area contributed by atoms with Crippen molar-refractivity contribution in [2.24, 2.45) is 0 Å². The molecule has 0 spiro atoms. The Bertz CT molecular complexity index is 536. The molecule has 0 fully saturated rings. The SMILES string of the molecule is CCNCc1ccc(CN(C)Cc2cccc(C)n2)s1. The quantitative estimate of drug-likeness (QED) is 0.848. The summed E-state index contributed by atoms with van der Waals surface area (Å²) in [5.41, 5.74) is 2.22. The number of hydrogen-bond acceptors (Lipinski definition) is 4. The van der Waals surface area contributed by atoms with Gasteiger partial charge in [-0.05, 0) is 44.8 Å². The highest BCUT2D eigenvalue weighted by atomic mass is 32.1. The molecule has 0 aromatic carbocycles. The number of aromatic nitrogens is 1. The zero-order valence-corrected chi connectivity index (χ0v) is 13.3. The third-order valence-corrected chi connectivity index (χ3v) is 4.14. The third kappa shape index (κ3) is 4.71. The molecule has 20 heavy (non-hydrogen) atoms. The molecule has 4 heteroatoms. The van der Waals surface area contributed by atoms with Gasteiger partial charge in [0.1, 0.15) is 0 Å². The van der Waals surface area contributed by atoms with Crippen LogP contribution in [0, 0.1) is 6.92 Å². The van der Waals surface area contributed by atoms with Gasteiger partial charge in [-0.3, -0.25) is 9.88 Å². The van der Waals surface area contributed by atoms with E-state index in [1.54, 1.807) is 0 Å². The molecule has 1 N–H and O–H groups in total. The Morgan fingerprint density at radius 2 is 1.95 bits per heavy atom. The minimum atomic E-state index is 0.891. The normalized spacial score (nSPS) is 11.2. The van der Waals surface area contributed by atoms with Crippen molar-refractivity contribution in [2.45, 2.75) is 33.5 Å². The molecule has 0 saturated carbocycles. The molecule has 0 radical (unpaired) electrons. The van der Waals surface area contributed by atoms with Gasteiger partial charge in [-0.15, -0.1) is 11.3 Å². The monoisotopic (exact) mass is 289 g/mol. The van der Waals surface area contributed by atoms with Crippen LogP contribution in [0.5, 0.6) is 0 Å². The molecular weight excluding hydrogens is 266 g/mol. The third-order valence-electron chi connectivity index (χ3n) is 3.07. The van der Waals surface area contributed by atoms with Crippen molar-refractivity contribution in [3.05, 3.63) is 51.5 Å². The molecule has 0 aliphatic heterocycles. The highest BCUT2D eigenvalue weighted by Crippen LogP contribution is 2.18. The van der Waals surface area contributed by atoms with E-state index in [-0.39, 0.29) is 0 Å². The van der Waals surface area contributed by atoms with E-state index in [4.69, 9.17) is 0 Å². The summed E-state index contributed by atoms with van der Waals surface area (Å²) < 4.78 is 0. The van der Waals surface area contributed by atoms with Crippen LogP contribution in [0.4, 0.5) is 0 Å². The molecule has 0 bridgehead atoms. The van der Waals surface area contributed by atoms with Crippen molar-refractivity contribution in [1.29, 1.82) is 0 Å². The molecule has 3 nitrogen and oxygen atoms in total. The average Bonchev–Trinajstić information content (AvgIpc) is 2.83. The van der Waals surface area contributed by atoms with Gasteiger partial charge in [0, 0.05) is 35.1 Å². The van der Waals surface area contributed by atoms with Gasteiger partial charge in [0.2, 0.25) is 0 Å². The summed E-state index contributed by atoms with van der Waals surface area (Å²) in [5.74, 6) is 0. The van der Waals surface area contributed by atoms with Crippen molar-refractivity contribution in [3.63, 3.8) is 0 Å². The maximum absolute atomic E-state index is 4.55. The van der Waals surface area contributed by atoms with Crippen molar-refractivity contribution < 1.29 is 0 Å². The van der Waals surface area contributed by atoms with Crippen LogP contribution in [0.2, 0.25) is 0 Å². The minimum absolute atomic E-state index is 0.891. The van der Waals surface area contributed by atoms with Crippen molar-refractivity contribution in [1.82, 2.24) is 15.2 Å². The fourth-order valence-electron chi connectivity index (χ4n) is 2.14. The maximum atomic E-state index is 4.55. The minimum Gasteiger partial charge on any atom is -0.312 e. The summed E-state index contributed by atoms with van der Waals surface area (Å²) >= 11 is 1.89. The Kier molecular flexibility index (Phi) is 5.71. The fourth-order valence-corrected chi connectivity index (χ4v) is 3.20. The number of rotatable bonds is 7. The lowest BCUT2D eigenvalue weighted by Crippen LogP contribution is -2.17. The first-order valence-corrected chi connectivity index (χ1v) is 7.88. The lowest BCUT2D eigenvalue weighted by Gasteiger charge is -2.15. The number of pyridine rings is 1. The number of hydrogen-bond donors (Lipinski definition) is 1. The molecule has 2 aromatic heterocycles. The van der Waals surface area contributed by atoms with Gasteiger partial charge < -0.3 is 5.32 Å². The standard InChI is InChI=1S/C16H23N3S/c1-4-17-10-15-8-9-16(20-15)12-19(3)11-14-7-5-6-13(2)18-14/h5-9,17H,4,10-12H2,1-3H3. The van der Waals surface area contributed by atoms with E-state index in [9.17, 15) is 0 Å². The van der Waals surface area contributed by atoms with Gasteiger partial charge in [-0.25, -0.2) is 0 Å². The lowest BCUT2D eigenvalue weighted by atomic mass is 10.3. The van der Waals surface area contributed by atoms with Crippen LogP contribution in [0.15, 0.2) is 30.3 Å². The van der Waals surface area contributed by atoms with Gasteiger partial charge in [0.25, 0.3) is 0 Å². The number of thiophene rings is 1. The highest BCUT2D eigenvalue weighted by Gasteiger charge is 2.05. The van der Waals surface area contributed by atoms with Gasteiger partial charge in [-0.2, -0.15) is 0 Å². The predicted octanol–water partition coefficient (Wildman–Crippen LogP) is 3.19. The van der Waals surface area contributed by atoms with E-state index in [0.29, 0.717) is 0 Å². The molecule has 0 atom stereocenters. The molecule has 0 aliphatic carbocycles. The summed E-state index contributed by atoms with van der Waals surface area (Å²) in [5, 5.41) is 3.36. The molecule has 2 heterocycles. The summed E-state index contributed by atoms with van der Waals surface area (Å²) in [6, 6.07) is 10.7. The van der Waals surface area contributed by atoms with Crippen molar-refractivity contribution >= 4 is 11.3 Å². The Hall–Kier alpha value is -1.23. The average molecular weight is 289 g/mol. The predicted molar refractivity (Wildman–Crippen MR) is 85.8 cm³/mol. The lowest BCUT2D eigenvalue weighted by molar-refractivity contribution is 0.318.